The third-order valence-corrected chi connectivity index (χ3v) is 4.38. The zero-order valence-corrected chi connectivity index (χ0v) is 11.3. The number of hydrogen-bond acceptors (Lipinski definition) is 4. The summed E-state index contributed by atoms with van der Waals surface area (Å²) in [6, 6.07) is 9.90. The fourth-order valence-corrected chi connectivity index (χ4v) is 3.10. The molecule has 0 aliphatic heterocycles. The van der Waals surface area contributed by atoms with Crippen LogP contribution >= 0.6 is 11.2 Å². The van der Waals surface area contributed by atoms with E-state index in [1.807, 2.05) is 30.3 Å². The first-order valence-corrected chi connectivity index (χ1v) is 7.11. The van der Waals surface area contributed by atoms with E-state index in [1.54, 1.807) is 13.3 Å². The lowest BCUT2D eigenvalue weighted by molar-refractivity contribution is -0.137. The first kappa shape index (κ1) is 13.6. The molecule has 0 saturated carbocycles. The minimum Gasteiger partial charge on any atom is -0.480 e. The van der Waals surface area contributed by atoms with Gasteiger partial charge < -0.3 is 9.29 Å². The van der Waals surface area contributed by atoms with Gasteiger partial charge in [0, 0.05) is 24.0 Å². The highest BCUT2D eigenvalue weighted by Crippen LogP contribution is 2.38. The summed E-state index contributed by atoms with van der Waals surface area (Å²) in [6.45, 7) is -0.177. The lowest BCUT2D eigenvalue weighted by Gasteiger charge is -2.18. The number of hydrogen-bond donors (Lipinski definition) is 2. The van der Waals surface area contributed by atoms with Crippen molar-refractivity contribution in [2.75, 3.05) is 7.11 Å². The van der Waals surface area contributed by atoms with E-state index in [-0.39, 0.29) is 6.54 Å². The maximum Gasteiger partial charge on any atom is 0.325 e. The molecular formula is C12H15N3O3S. The number of benzene rings is 1. The summed E-state index contributed by atoms with van der Waals surface area (Å²) in [5, 5.41) is 16.4. The van der Waals surface area contributed by atoms with Crippen molar-refractivity contribution in [2.45, 2.75) is 17.2 Å². The van der Waals surface area contributed by atoms with Crippen molar-refractivity contribution in [1.29, 1.82) is 0 Å². The highest BCUT2D eigenvalue weighted by Gasteiger charge is 2.10. The minimum absolute atomic E-state index is 0.177. The average molecular weight is 281 g/mol. The summed E-state index contributed by atoms with van der Waals surface area (Å²) < 4.78 is 6.81. The molecule has 102 valence electrons. The molecule has 0 fully saturated rings. The molecule has 2 aromatic rings. The quantitative estimate of drug-likeness (QED) is 0.784. The lowest BCUT2D eigenvalue weighted by atomic mass is 10.4. The number of thiol groups is 1. The number of aromatic nitrogens is 3. The van der Waals surface area contributed by atoms with E-state index in [0.717, 1.165) is 10.6 Å². The van der Waals surface area contributed by atoms with Gasteiger partial charge in [0.15, 0.2) is 0 Å². The van der Waals surface area contributed by atoms with Gasteiger partial charge >= 0.3 is 5.97 Å². The van der Waals surface area contributed by atoms with Crippen LogP contribution in [-0.4, -0.2) is 33.2 Å². The Hall–Kier alpha value is -1.86. The predicted octanol–water partition coefficient (Wildman–Crippen LogP) is 1.48. The van der Waals surface area contributed by atoms with Crippen molar-refractivity contribution in [3.8, 4) is 0 Å². The van der Waals surface area contributed by atoms with E-state index in [4.69, 9.17) is 9.29 Å². The average Bonchev–Trinajstić information content (AvgIpc) is 2.83. The Morgan fingerprint density at radius 1 is 1.42 bits per heavy atom. The molecule has 0 amide bonds. The topological polar surface area (TPSA) is 77.2 Å². The van der Waals surface area contributed by atoms with Crippen LogP contribution in [0.15, 0.2) is 41.4 Å². The summed E-state index contributed by atoms with van der Waals surface area (Å²) in [5.41, 5.74) is 0.734. The van der Waals surface area contributed by atoms with E-state index in [0.29, 0.717) is 5.75 Å². The van der Waals surface area contributed by atoms with Gasteiger partial charge in [-0.05, 0) is 12.1 Å². The molecule has 1 aromatic carbocycles. The van der Waals surface area contributed by atoms with Crippen LogP contribution in [0, 0.1) is 0 Å². The zero-order valence-electron chi connectivity index (χ0n) is 10.4. The summed E-state index contributed by atoms with van der Waals surface area (Å²) in [7, 11) is 1.67. The summed E-state index contributed by atoms with van der Waals surface area (Å²) in [4.78, 5) is 11.7. The van der Waals surface area contributed by atoms with E-state index in [2.05, 4.69) is 10.3 Å². The zero-order chi connectivity index (χ0) is 13.7. The number of aliphatic carboxylic acids is 1. The van der Waals surface area contributed by atoms with Gasteiger partial charge in [-0.1, -0.05) is 23.4 Å². The number of carboxylic acids is 1. The SMILES string of the molecule is CO[SH](Cc1cn(CC(=O)O)nn1)c1ccccc1. The Bertz CT molecular complexity index is 544. The van der Waals surface area contributed by atoms with Gasteiger partial charge in [0.25, 0.3) is 0 Å². The summed E-state index contributed by atoms with van der Waals surface area (Å²) >= 11 is -0.800. The first-order valence-electron chi connectivity index (χ1n) is 5.66. The standard InChI is InChI=1S/C12H15N3O3S/c1-18-19(11-5-3-2-4-6-11)9-10-7-15(14-13-10)8-12(16)17/h2-7,19H,8-9H2,1H3,(H,16,17). The van der Waals surface area contributed by atoms with Gasteiger partial charge in [-0.15, -0.1) is 16.3 Å². The largest absolute Gasteiger partial charge is 0.480 e. The predicted molar refractivity (Wildman–Crippen MR) is 72.1 cm³/mol. The maximum atomic E-state index is 10.6. The first-order chi connectivity index (χ1) is 9.19. The number of carboxylic acid groups (broad SMARTS) is 1. The third kappa shape index (κ3) is 3.80. The van der Waals surface area contributed by atoms with Crippen molar-refractivity contribution in [2.24, 2.45) is 0 Å². The molecule has 1 atom stereocenters. The van der Waals surface area contributed by atoms with Crippen LogP contribution in [-0.2, 0) is 21.3 Å². The van der Waals surface area contributed by atoms with Gasteiger partial charge in [-0.3, -0.25) is 4.79 Å². The van der Waals surface area contributed by atoms with E-state index >= 15 is 0 Å². The monoisotopic (exact) mass is 281 g/mol. The number of carbonyl (C=O) groups is 1. The van der Waals surface area contributed by atoms with Gasteiger partial charge in [-0.25, -0.2) is 4.68 Å². The Morgan fingerprint density at radius 3 is 2.79 bits per heavy atom. The van der Waals surface area contributed by atoms with E-state index in [1.165, 1.54) is 4.68 Å². The van der Waals surface area contributed by atoms with Crippen LogP contribution in [0.1, 0.15) is 5.69 Å². The lowest BCUT2D eigenvalue weighted by Crippen LogP contribution is -2.08. The molecule has 0 aliphatic carbocycles. The van der Waals surface area contributed by atoms with E-state index < -0.39 is 17.1 Å². The molecule has 19 heavy (non-hydrogen) atoms. The van der Waals surface area contributed by atoms with E-state index in [9.17, 15) is 4.79 Å². The van der Waals surface area contributed by atoms with Crippen molar-refractivity contribution in [3.63, 3.8) is 0 Å². The molecule has 7 heteroatoms. The van der Waals surface area contributed by atoms with Crippen LogP contribution in [0.25, 0.3) is 0 Å². The third-order valence-electron chi connectivity index (χ3n) is 2.45. The molecule has 1 heterocycles. The summed E-state index contributed by atoms with van der Waals surface area (Å²) in [6.07, 6.45) is 1.64. The molecule has 6 nitrogen and oxygen atoms in total. The Morgan fingerprint density at radius 2 is 2.16 bits per heavy atom. The molecule has 1 aromatic heterocycles. The molecule has 1 unspecified atom stereocenters. The normalized spacial score (nSPS) is 13.2. The second-order valence-electron chi connectivity index (χ2n) is 3.86. The fourth-order valence-electron chi connectivity index (χ4n) is 1.63. The number of nitrogens with zero attached hydrogens (tertiary/aromatic N) is 3. The van der Waals surface area contributed by atoms with Crippen molar-refractivity contribution < 1.29 is 14.1 Å². The highest BCUT2D eigenvalue weighted by molar-refractivity contribution is 8.12. The van der Waals surface area contributed by atoms with Gasteiger partial charge in [0.1, 0.15) is 6.54 Å². The maximum absolute atomic E-state index is 10.6. The molecule has 0 radical (unpaired) electrons. The van der Waals surface area contributed by atoms with Crippen LogP contribution in [0.5, 0.6) is 0 Å². The van der Waals surface area contributed by atoms with Gasteiger partial charge in [-0.2, -0.15) is 0 Å². The molecule has 1 N–H and O–H groups in total. The van der Waals surface area contributed by atoms with Crippen LogP contribution in [0.3, 0.4) is 0 Å². The Labute approximate surface area is 113 Å². The second kappa shape index (κ2) is 6.35. The van der Waals surface area contributed by atoms with Gasteiger partial charge in [0.2, 0.25) is 0 Å². The van der Waals surface area contributed by atoms with Crippen LogP contribution < -0.4 is 0 Å². The van der Waals surface area contributed by atoms with Crippen LogP contribution in [0.4, 0.5) is 0 Å². The van der Waals surface area contributed by atoms with Gasteiger partial charge in [0.05, 0.1) is 5.69 Å². The van der Waals surface area contributed by atoms with Crippen molar-refractivity contribution >= 4 is 17.1 Å². The minimum atomic E-state index is -0.937. The summed E-state index contributed by atoms with van der Waals surface area (Å²) in [5.74, 6) is -0.316. The molecule has 0 spiro atoms. The molecule has 0 saturated heterocycles. The molecular weight excluding hydrogens is 266 g/mol. The molecule has 2 rings (SSSR count). The second-order valence-corrected chi connectivity index (χ2v) is 5.81. The smallest absolute Gasteiger partial charge is 0.325 e. The molecule has 0 bridgehead atoms. The van der Waals surface area contributed by atoms with Crippen molar-refractivity contribution in [3.05, 3.63) is 42.2 Å². The Balaban J connectivity index is 2.06. The number of rotatable bonds is 6. The Kier molecular flexibility index (Phi) is 4.53. The highest BCUT2D eigenvalue weighted by atomic mass is 32.2. The van der Waals surface area contributed by atoms with Crippen LogP contribution in [0.2, 0.25) is 0 Å². The van der Waals surface area contributed by atoms with Crippen molar-refractivity contribution in [1.82, 2.24) is 15.0 Å². The fraction of sp³-hybridized carbons (Fsp3) is 0.250. The molecule has 0 aliphatic rings.